The Morgan fingerprint density at radius 3 is 2.76 bits per heavy atom. The highest BCUT2D eigenvalue weighted by molar-refractivity contribution is 5.78. The standard InChI is InChI=1S/C14H28N2O/c1-4-6-12(3)16-14(17)10-15-9-13-8-5-7-11(13)2/h11-13,15H,4-10H2,1-3H3,(H,16,17). The molecule has 17 heavy (non-hydrogen) atoms. The fraction of sp³-hybridized carbons (Fsp3) is 0.929. The minimum atomic E-state index is 0.136. The Hall–Kier alpha value is -0.570. The highest BCUT2D eigenvalue weighted by Gasteiger charge is 2.22. The molecule has 0 heterocycles. The second-order valence-corrected chi connectivity index (χ2v) is 5.56. The number of nitrogens with one attached hydrogen (secondary N) is 2. The molecule has 3 heteroatoms. The topological polar surface area (TPSA) is 41.1 Å². The lowest BCUT2D eigenvalue weighted by Crippen LogP contribution is -2.40. The Bertz CT molecular complexity index is 230. The first kappa shape index (κ1) is 14.5. The van der Waals surface area contributed by atoms with Crippen LogP contribution in [0.1, 0.15) is 52.9 Å². The van der Waals surface area contributed by atoms with Gasteiger partial charge in [-0.25, -0.2) is 0 Å². The molecule has 3 unspecified atom stereocenters. The van der Waals surface area contributed by atoms with E-state index < -0.39 is 0 Å². The van der Waals surface area contributed by atoms with E-state index in [4.69, 9.17) is 0 Å². The van der Waals surface area contributed by atoms with E-state index in [0.29, 0.717) is 12.6 Å². The fourth-order valence-corrected chi connectivity index (χ4v) is 2.73. The van der Waals surface area contributed by atoms with Crippen LogP contribution in [-0.4, -0.2) is 25.0 Å². The average Bonchev–Trinajstić information content (AvgIpc) is 2.64. The van der Waals surface area contributed by atoms with Gasteiger partial charge in [0.1, 0.15) is 0 Å². The predicted molar refractivity (Wildman–Crippen MR) is 71.9 cm³/mol. The van der Waals surface area contributed by atoms with Gasteiger partial charge in [-0.1, -0.05) is 33.1 Å². The molecule has 0 radical (unpaired) electrons. The average molecular weight is 240 g/mol. The van der Waals surface area contributed by atoms with Gasteiger partial charge in [-0.3, -0.25) is 4.79 Å². The molecule has 0 bridgehead atoms. The van der Waals surface area contributed by atoms with Gasteiger partial charge >= 0.3 is 0 Å². The van der Waals surface area contributed by atoms with Gasteiger partial charge in [-0.2, -0.15) is 0 Å². The van der Waals surface area contributed by atoms with Crippen LogP contribution >= 0.6 is 0 Å². The van der Waals surface area contributed by atoms with Gasteiger partial charge in [-0.05, 0) is 38.1 Å². The zero-order valence-electron chi connectivity index (χ0n) is 11.6. The summed E-state index contributed by atoms with van der Waals surface area (Å²) in [6.45, 7) is 8.00. The number of rotatable bonds is 7. The molecule has 100 valence electrons. The maximum Gasteiger partial charge on any atom is 0.234 e. The molecular formula is C14H28N2O. The lowest BCUT2D eigenvalue weighted by atomic mass is 9.98. The Labute approximate surface area is 106 Å². The van der Waals surface area contributed by atoms with Crippen LogP contribution in [0.2, 0.25) is 0 Å². The zero-order valence-corrected chi connectivity index (χ0v) is 11.6. The molecule has 2 N–H and O–H groups in total. The molecule has 1 rings (SSSR count). The van der Waals surface area contributed by atoms with Crippen molar-refractivity contribution in [3.05, 3.63) is 0 Å². The van der Waals surface area contributed by atoms with E-state index >= 15 is 0 Å². The van der Waals surface area contributed by atoms with Crippen molar-refractivity contribution in [2.24, 2.45) is 11.8 Å². The van der Waals surface area contributed by atoms with Crippen LogP contribution in [0.4, 0.5) is 0 Å². The first-order valence-electron chi connectivity index (χ1n) is 7.13. The minimum Gasteiger partial charge on any atom is -0.353 e. The van der Waals surface area contributed by atoms with Gasteiger partial charge in [0.25, 0.3) is 0 Å². The van der Waals surface area contributed by atoms with Crippen molar-refractivity contribution >= 4 is 5.91 Å². The number of carbonyl (C=O) groups is 1. The summed E-state index contributed by atoms with van der Waals surface area (Å²) in [7, 11) is 0. The first-order chi connectivity index (χ1) is 8.13. The lowest BCUT2D eigenvalue weighted by molar-refractivity contribution is -0.120. The summed E-state index contributed by atoms with van der Waals surface area (Å²) in [5, 5.41) is 6.31. The molecule has 1 amide bonds. The van der Waals surface area contributed by atoms with Crippen LogP contribution in [0, 0.1) is 11.8 Å². The monoisotopic (exact) mass is 240 g/mol. The Kier molecular flexibility index (Phi) is 6.56. The number of carbonyl (C=O) groups excluding carboxylic acids is 1. The van der Waals surface area contributed by atoms with Crippen molar-refractivity contribution in [1.29, 1.82) is 0 Å². The van der Waals surface area contributed by atoms with Crippen molar-refractivity contribution in [2.75, 3.05) is 13.1 Å². The molecule has 0 spiro atoms. The van der Waals surface area contributed by atoms with Crippen molar-refractivity contribution < 1.29 is 4.79 Å². The van der Waals surface area contributed by atoms with Crippen molar-refractivity contribution in [1.82, 2.24) is 10.6 Å². The predicted octanol–water partition coefficient (Wildman–Crippen LogP) is 2.32. The summed E-state index contributed by atoms with van der Waals surface area (Å²) in [6.07, 6.45) is 6.21. The van der Waals surface area contributed by atoms with Gasteiger partial charge in [0, 0.05) is 6.04 Å². The molecule has 0 aliphatic heterocycles. The van der Waals surface area contributed by atoms with Crippen LogP contribution in [-0.2, 0) is 4.79 Å². The van der Waals surface area contributed by atoms with Gasteiger partial charge in [0.05, 0.1) is 6.54 Å². The molecular weight excluding hydrogens is 212 g/mol. The Morgan fingerprint density at radius 2 is 2.18 bits per heavy atom. The van der Waals surface area contributed by atoms with Gasteiger partial charge in [0.2, 0.25) is 5.91 Å². The summed E-state index contributed by atoms with van der Waals surface area (Å²) in [5.41, 5.74) is 0. The molecule has 1 aliphatic rings. The quantitative estimate of drug-likeness (QED) is 0.717. The molecule has 0 aromatic rings. The second kappa shape index (κ2) is 7.70. The SMILES string of the molecule is CCCC(C)NC(=O)CNCC1CCCC1C. The third kappa shape index (κ3) is 5.53. The summed E-state index contributed by atoms with van der Waals surface area (Å²) in [5.74, 6) is 1.73. The van der Waals surface area contributed by atoms with Crippen LogP contribution in [0.5, 0.6) is 0 Å². The number of hydrogen-bond acceptors (Lipinski definition) is 2. The smallest absolute Gasteiger partial charge is 0.234 e. The van der Waals surface area contributed by atoms with E-state index in [-0.39, 0.29) is 5.91 Å². The normalized spacial score (nSPS) is 25.8. The highest BCUT2D eigenvalue weighted by atomic mass is 16.1. The second-order valence-electron chi connectivity index (χ2n) is 5.56. The van der Waals surface area contributed by atoms with Crippen LogP contribution in [0.15, 0.2) is 0 Å². The number of hydrogen-bond donors (Lipinski definition) is 2. The third-order valence-corrected chi connectivity index (χ3v) is 3.86. The molecule has 3 nitrogen and oxygen atoms in total. The lowest BCUT2D eigenvalue weighted by Gasteiger charge is -2.17. The van der Waals surface area contributed by atoms with E-state index in [9.17, 15) is 4.79 Å². The fourth-order valence-electron chi connectivity index (χ4n) is 2.73. The molecule has 0 aromatic heterocycles. The molecule has 1 aliphatic carbocycles. The van der Waals surface area contributed by atoms with E-state index in [0.717, 1.165) is 31.2 Å². The Morgan fingerprint density at radius 1 is 1.41 bits per heavy atom. The molecule has 0 saturated heterocycles. The first-order valence-corrected chi connectivity index (χ1v) is 7.13. The van der Waals surface area contributed by atoms with Crippen LogP contribution in [0.25, 0.3) is 0 Å². The van der Waals surface area contributed by atoms with E-state index in [1.807, 2.05) is 0 Å². The van der Waals surface area contributed by atoms with Crippen LogP contribution < -0.4 is 10.6 Å². The van der Waals surface area contributed by atoms with Gasteiger partial charge in [-0.15, -0.1) is 0 Å². The van der Waals surface area contributed by atoms with E-state index in [1.54, 1.807) is 0 Å². The van der Waals surface area contributed by atoms with Gasteiger partial charge in [0.15, 0.2) is 0 Å². The van der Waals surface area contributed by atoms with Crippen LogP contribution in [0.3, 0.4) is 0 Å². The molecule has 0 aromatic carbocycles. The highest BCUT2D eigenvalue weighted by Crippen LogP contribution is 2.30. The Balaban J connectivity index is 2.07. The molecule has 1 fully saturated rings. The summed E-state index contributed by atoms with van der Waals surface area (Å²) in [6, 6.07) is 0.305. The summed E-state index contributed by atoms with van der Waals surface area (Å²) in [4.78, 5) is 11.6. The van der Waals surface area contributed by atoms with Crippen molar-refractivity contribution in [3.8, 4) is 0 Å². The minimum absolute atomic E-state index is 0.136. The summed E-state index contributed by atoms with van der Waals surface area (Å²) >= 11 is 0. The maximum absolute atomic E-state index is 11.6. The molecule has 1 saturated carbocycles. The number of amides is 1. The van der Waals surface area contributed by atoms with Gasteiger partial charge < -0.3 is 10.6 Å². The van der Waals surface area contributed by atoms with E-state index in [2.05, 4.69) is 31.4 Å². The van der Waals surface area contributed by atoms with E-state index in [1.165, 1.54) is 19.3 Å². The van der Waals surface area contributed by atoms with Crippen molar-refractivity contribution in [2.45, 2.75) is 58.9 Å². The largest absolute Gasteiger partial charge is 0.353 e. The third-order valence-electron chi connectivity index (χ3n) is 3.86. The zero-order chi connectivity index (χ0) is 12.7. The molecule has 3 atom stereocenters. The maximum atomic E-state index is 11.6. The summed E-state index contributed by atoms with van der Waals surface area (Å²) < 4.78 is 0. The van der Waals surface area contributed by atoms with Crippen molar-refractivity contribution in [3.63, 3.8) is 0 Å².